The molecule has 0 aliphatic heterocycles. The highest BCUT2D eigenvalue weighted by atomic mass is 16.2. The molecule has 0 heterocycles. The SMILES string of the molecule is CN(C)c1ccc(C(=O)NNC(=O)c2ccc(-c3ccccc3)cc2)cc1. The van der Waals surface area contributed by atoms with Crippen LogP contribution in [0, 0.1) is 0 Å². The van der Waals surface area contributed by atoms with E-state index in [9.17, 15) is 9.59 Å². The zero-order valence-corrected chi connectivity index (χ0v) is 15.3. The zero-order chi connectivity index (χ0) is 19.2. The minimum Gasteiger partial charge on any atom is -0.378 e. The number of anilines is 1. The third-order valence-electron chi connectivity index (χ3n) is 4.19. The van der Waals surface area contributed by atoms with Crippen LogP contribution in [0.4, 0.5) is 5.69 Å². The van der Waals surface area contributed by atoms with Crippen molar-refractivity contribution in [3.05, 3.63) is 90.0 Å². The number of nitrogens with zero attached hydrogens (tertiary/aromatic N) is 1. The standard InChI is InChI=1S/C22H21N3O2/c1-25(2)20-14-12-19(13-15-20)22(27)24-23-21(26)18-10-8-17(9-11-18)16-6-4-3-5-7-16/h3-15H,1-2H3,(H,23,26)(H,24,27). The Kier molecular flexibility index (Phi) is 5.52. The predicted octanol–water partition coefficient (Wildman–Crippen LogP) is 3.49. The summed E-state index contributed by atoms with van der Waals surface area (Å²) in [6.45, 7) is 0. The third-order valence-corrected chi connectivity index (χ3v) is 4.19. The average Bonchev–Trinajstić information content (AvgIpc) is 2.72. The monoisotopic (exact) mass is 359 g/mol. The third kappa shape index (κ3) is 4.52. The van der Waals surface area contributed by atoms with Crippen LogP contribution in [0.5, 0.6) is 0 Å². The fourth-order valence-corrected chi connectivity index (χ4v) is 2.61. The van der Waals surface area contributed by atoms with Gasteiger partial charge >= 0.3 is 0 Å². The van der Waals surface area contributed by atoms with E-state index in [1.165, 1.54) is 0 Å². The maximum atomic E-state index is 12.2. The van der Waals surface area contributed by atoms with Gasteiger partial charge < -0.3 is 4.90 Å². The van der Waals surface area contributed by atoms with Gasteiger partial charge in [0.05, 0.1) is 0 Å². The van der Waals surface area contributed by atoms with E-state index in [0.717, 1.165) is 16.8 Å². The minimum absolute atomic E-state index is 0.366. The second-order valence-corrected chi connectivity index (χ2v) is 6.29. The van der Waals surface area contributed by atoms with Crippen molar-refractivity contribution in [1.29, 1.82) is 0 Å². The normalized spacial score (nSPS) is 10.1. The molecule has 0 unspecified atom stereocenters. The zero-order valence-electron chi connectivity index (χ0n) is 15.3. The molecular weight excluding hydrogens is 338 g/mol. The first-order valence-electron chi connectivity index (χ1n) is 8.58. The molecule has 0 spiro atoms. The summed E-state index contributed by atoms with van der Waals surface area (Å²) >= 11 is 0. The molecule has 0 saturated carbocycles. The molecule has 2 amide bonds. The number of carbonyl (C=O) groups is 2. The van der Waals surface area contributed by atoms with Crippen molar-refractivity contribution in [1.82, 2.24) is 10.9 Å². The van der Waals surface area contributed by atoms with Crippen LogP contribution in [0.25, 0.3) is 11.1 Å². The van der Waals surface area contributed by atoms with Crippen molar-refractivity contribution < 1.29 is 9.59 Å². The van der Waals surface area contributed by atoms with Gasteiger partial charge in [-0.25, -0.2) is 0 Å². The molecule has 136 valence electrons. The molecular formula is C22H21N3O2. The summed E-state index contributed by atoms with van der Waals surface area (Å²) < 4.78 is 0. The summed E-state index contributed by atoms with van der Waals surface area (Å²) in [6, 6.07) is 24.3. The maximum Gasteiger partial charge on any atom is 0.269 e. The Morgan fingerprint density at radius 2 is 1.07 bits per heavy atom. The van der Waals surface area contributed by atoms with E-state index in [-0.39, 0.29) is 11.8 Å². The Bertz CT molecular complexity index is 918. The molecule has 0 saturated heterocycles. The summed E-state index contributed by atoms with van der Waals surface area (Å²) in [5.74, 6) is -0.734. The van der Waals surface area contributed by atoms with Crippen LogP contribution in [0.15, 0.2) is 78.9 Å². The summed E-state index contributed by atoms with van der Waals surface area (Å²) in [5.41, 5.74) is 8.93. The van der Waals surface area contributed by atoms with Crippen molar-refractivity contribution in [2.24, 2.45) is 0 Å². The van der Waals surface area contributed by atoms with E-state index < -0.39 is 0 Å². The van der Waals surface area contributed by atoms with E-state index >= 15 is 0 Å². The number of hydrogen-bond acceptors (Lipinski definition) is 3. The Balaban J connectivity index is 1.59. The molecule has 0 radical (unpaired) electrons. The molecule has 5 nitrogen and oxygen atoms in total. The maximum absolute atomic E-state index is 12.2. The van der Waals surface area contributed by atoms with Crippen LogP contribution >= 0.6 is 0 Å². The molecule has 3 aromatic carbocycles. The van der Waals surface area contributed by atoms with E-state index in [1.54, 1.807) is 24.3 Å². The van der Waals surface area contributed by atoms with Gasteiger partial charge in [-0.3, -0.25) is 20.4 Å². The quantitative estimate of drug-likeness (QED) is 0.701. The van der Waals surface area contributed by atoms with Crippen LogP contribution in [-0.4, -0.2) is 25.9 Å². The van der Waals surface area contributed by atoms with Gasteiger partial charge in [0.2, 0.25) is 0 Å². The summed E-state index contributed by atoms with van der Waals surface area (Å²) in [4.78, 5) is 26.3. The molecule has 0 aromatic heterocycles. The number of amides is 2. The van der Waals surface area contributed by atoms with Gasteiger partial charge in [-0.2, -0.15) is 0 Å². The van der Waals surface area contributed by atoms with Crippen molar-refractivity contribution in [3.8, 4) is 11.1 Å². The van der Waals surface area contributed by atoms with Crippen LogP contribution in [0.2, 0.25) is 0 Å². The topological polar surface area (TPSA) is 61.4 Å². The Morgan fingerprint density at radius 1 is 0.630 bits per heavy atom. The van der Waals surface area contributed by atoms with Crippen LogP contribution in [-0.2, 0) is 0 Å². The van der Waals surface area contributed by atoms with Crippen molar-refractivity contribution in [3.63, 3.8) is 0 Å². The first kappa shape index (κ1) is 18.2. The lowest BCUT2D eigenvalue weighted by atomic mass is 10.0. The lowest BCUT2D eigenvalue weighted by Gasteiger charge is -2.13. The molecule has 2 N–H and O–H groups in total. The highest BCUT2D eigenvalue weighted by Gasteiger charge is 2.09. The van der Waals surface area contributed by atoms with E-state index in [2.05, 4.69) is 10.9 Å². The first-order valence-corrected chi connectivity index (χ1v) is 8.58. The Hall–Kier alpha value is -3.60. The molecule has 0 aliphatic rings. The molecule has 27 heavy (non-hydrogen) atoms. The lowest BCUT2D eigenvalue weighted by Crippen LogP contribution is -2.41. The minimum atomic E-state index is -0.368. The van der Waals surface area contributed by atoms with Gasteiger partial charge in [0, 0.05) is 30.9 Å². The van der Waals surface area contributed by atoms with E-state index in [4.69, 9.17) is 0 Å². The number of nitrogens with one attached hydrogen (secondary N) is 2. The van der Waals surface area contributed by atoms with E-state index in [1.807, 2.05) is 73.6 Å². The number of hydrazine groups is 1. The van der Waals surface area contributed by atoms with Gasteiger partial charge in [-0.15, -0.1) is 0 Å². The second kappa shape index (κ2) is 8.19. The summed E-state index contributed by atoms with van der Waals surface area (Å²) in [6.07, 6.45) is 0. The fraction of sp³-hybridized carbons (Fsp3) is 0.0909. The van der Waals surface area contributed by atoms with Gasteiger partial charge in [-0.1, -0.05) is 42.5 Å². The molecule has 0 atom stereocenters. The highest BCUT2D eigenvalue weighted by molar-refractivity contribution is 5.99. The van der Waals surface area contributed by atoms with Crippen LogP contribution < -0.4 is 15.8 Å². The highest BCUT2D eigenvalue weighted by Crippen LogP contribution is 2.19. The predicted molar refractivity (Wildman–Crippen MR) is 108 cm³/mol. The van der Waals surface area contributed by atoms with E-state index in [0.29, 0.717) is 11.1 Å². The molecule has 0 fully saturated rings. The van der Waals surface area contributed by atoms with Crippen LogP contribution in [0.3, 0.4) is 0 Å². The Labute approximate surface area is 158 Å². The Morgan fingerprint density at radius 3 is 1.56 bits per heavy atom. The summed E-state index contributed by atoms with van der Waals surface area (Å²) in [5, 5.41) is 0. The molecule has 3 aromatic rings. The van der Waals surface area contributed by atoms with Gasteiger partial charge in [-0.05, 0) is 47.5 Å². The number of hydrogen-bond donors (Lipinski definition) is 2. The van der Waals surface area contributed by atoms with Crippen LogP contribution in [0.1, 0.15) is 20.7 Å². The fourth-order valence-electron chi connectivity index (χ4n) is 2.61. The van der Waals surface area contributed by atoms with Crippen molar-refractivity contribution in [2.45, 2.75) is 0 Å². The number of carbonyl (C=O) groups excluding carboxylic acids is 2. The van der Waals surface area contributed by atoms with Gasteiger partial charge in [0.15, 0.2) is 0 Å². The first-order chi connectivity index (χ1) is 13.0. The molecule has 0 bridgehead atoms. The average molecular weight is 359 g/mol. The summed E-state index contributed by atoms with van der Waals surface area (Å²) in [7, 11) is 3.86. The molecule has 0 aliphatic carbocycles. The number of benzene rings is 3. The molecule has 3 rings (SSSR count). The molecule has 5 heteroatoms. The second-order valence-electron chi connectivity index (χ2n) is 6.29. The number of rotatable bonds is 4. The van der Waals surface area contributed by atoms with Crippen molar-refractivity contribution in [2.75, 3.05) is 19.0 Å². The lowest BCUT2D eigenvalue weighted by molar-refractivity contribution is 0.0846. The van der Waals surface area contributed by atoms with Gasteiger partial charge in [0.1, 0.15) is 0 Å². The largest absolute Gasteiger partial charge is 0.378 e. The van der Waals surface area contributed by atoms with Crippen molar-refractivity contribution >= 4 is 17.5 Å². The van der Waals surface area contributed by atoms with Gasteiger partial charge in [0.25, 0.3) is 11.8 Å². The smallest absolute Gasteiger partial charge is 0.269 e.